The van der Waals surface area contributed by atoms with Gasteiger partial charge in [0.2, 0.25) is 0 Å². The van der Waals surface area contributed by atoms with Gasteiger partial charge in [-0.2, -0.15) is 4.98 Å². The van der Waals surface area contributed by atoms with E-state index >= 15 is 0 Å². The van der Waals surface area contributed by atoms with Gasteiger partial charge in [-0.1, -0.05) is 16.8 Å². The number of aryl methyl sites for hydroxylation is 1. The SMILES string of the molecule is Cc1noc([C@H]2COCCN2C(=O)c2ccc(Cl)c(F)c2)n1. The molecule has 8 heteroatoms. The van der Waals surface area contributed by atoms with Crippen LogP contribution in [0.1, 0.15) is 28.1 Å². The Balaban J connectivity index is 1.89. The molecule has 1 aliphatic heterocycles. The molecule has 1 aromatic carbocycles. The number of amides is 1. The summed E-state index contributed by atoms with van der Waals surface area (Å²) < 4.78 is 24.1. The zero-order valence-electron chi connectivity index (χ0n) is 11.8. The van der Waals surface area contributed by atoms with Crippen molar-refractivity contribution in [2.45, 2.75) is 13.0 Å². The molecule has 0 aliphatic carbocycles. The number of nitrogens with zero attached hydrogens (tertiary/aromatic N) is 3. The third-order valence-electron chi connectivity index (χ3n) is 3.38. The molecule has 0 unspecified atom stereocenters. The van der Waals surface area contributed by atoms with E-state index in [0.29, 0.717) is 24.9 Å². The molecule has 116 valence electrons. The van der Waals surface area contributed by atoms with Crippen LogP contribution in [0.3, 0.4) is 0 Å². The van der Waals surface area contributed by atoms with Gasteiger partial charge in [0.1, 0.15) is 11.9 Å². The van der Waals surface area contributed by atoms with Gasteiger partial charge in [0.05, 0.1) is 18.2 Å². The van der Waals surface area contributed by atoms with E-state index in [4.69, 9.17) is 20.9 Å². The zero-order chi connectivity index (χ0) is 15.7. The number of rotatable bonds is 2. The lowest BCUT2D eigenvalue weighted by Gasteiger charge is -2.33. The molecule has 0 spiro atoms. The minimum Gasteiger partial charge on any atom is -0.377 e. The lowest BCUT2D eigenvalue weighted by atomic mass is 10.1. The Morgan fingerprint density at radius 3 is 3.00 bits per heavy atom. The Morgan fingerprint density at radius 2 is 2.32 bits per heavy atom. The summed E-state index contributed by atoms with van der Waals surface area (Å²) in [4.78, 5) is 18.3. The van der Waals surface area contributed by atoms with Crippen LogP contribution in [-0.4, -0.2) is 40.7 Å². The smallest absolute Gasteiger partial charge is 0.254 e. The van der Waals surface area contributed by atoms with E-state index < -0.39 is 11.9 Å². The van der Waals surface area contributed by atoms with E-state index in [0.717, 1.165) is 6.07 Å². The van der Waals surface area contributed by atoms with Crippen molar-refractivity contribution < 1.29 is 18.4 Å². The molecule has 1 aliphatic rings. The van der Waals surface area contributed by atoms with Crippen LogP contribution < -0.4 is 0 Å². The quantitative estimate of drug-likeness (QED) is 0.848. The molecular formula is C14H13ClFN3O3. The predicted octanol–water partition coefficient (Wildman–Crippen LogP) is 2.38. The van der Waals surface area contributed by atoms with Crippen LogP contribution in [0.25, 0.3) is 0 Å². The maximum absolute atomic E-state index is 13.6. The number of aromatic nitrogens is 2. The minimum atomic E-state index is -0.633. The number of carbonyl (C=O) groups excluding carboxylic acids is 1. The van der Waals surface area contributed by atoms with E-state index in [9.17, 15) is 9.18 Å². The highest BCUT2D eigenvalue weighted by Gasteiger charge is 2.33. The van der Waals surface area contributed by atoms with Crippen molar-refractivity contribution in [2.24, 2.45) is 0 Å². The molecule has 2 heterocycles. The van der Waals surface area contributed by atoms with E-state index in [-0.39, 0.29) is 23.1 Å². The molecule has 1 aromatic heterocycles. The number of halogens is 2. The molecule has 0 radical (unpaired) electrons. The zero-order valence-corrected chi connectivity index (χ0v) is 12.5. The number of hydrogen-bond donors (Lipinski definition) is 0. The molecule has 3 rings (SSSR count). The molecule has 1 fully saturated rings. The van der Waals surface area contributed by atoms with Crippen LogP contribution in [0.15, 0.2) is 22.7 Å². The molecule has 6 nitrogen and oxygen atoms in total. The van der Waals surface area contributed by atoms with Crippen LogP contribution in [0.4, 0.5) is 4.39 Å². The summed E-state index contributed by atoms with van der Waals surface area (Å²) in [6.07, 6.45) is 0. The number of benzene rings is 1. The standard InChI is InChI=1S/C14H13ClFN3O3/c1-8-17-13(22-18-8)12-7-21-5-4-19(12)14(20)9-2-3-10(15)11(16)6-9/h2-3,6,12H,4-5,7H2,1H3/t12-/m1/s1. The average molecular weight is 326 g/mol. The lowest BCUT2D eigenvalue weighted by Crippen LogP contribution is -2.43. The van der Waals surface area contributed by atoms with Crippen molar-refractivity contribution in [3.8, 4) is 0 Å². The van der Waals surface area contributed by atoms with E-state index in [2.05, 4.69) is 10.1 Å². The van der Waals surface area contributed by atoms with Gasteiger partial charge in [-0.3, -0.25) is 4.79 Å². The summed E-state index contributed by atoms with van der Waals surface area (Å²) >= 11 is 5.65. The second-order valence-electron chi connectivity index (χ2n) is 4.90. The van der Waals surface area contributed by atoms with Crippen molar-refractivity contribution >= 4 is 17.5 Å². The van der Waals surface area contributed by atoms with E-state index in [1.807, 2.05) is 0 Å². The van der Waals surface area contributed by atoms with Gasteiger partial charge in [-0.15, -0.1) is 0 Å². The lowest BCUT2D eigenvalue weighted by molar-refractivity contribution is -0.0119. The normalized spacial score (nSPS) is 18.5. The van der Waals surface area contributed by atoms with Crippen LogP contribution >= 0.6 is 11.6 Å². The third-order valence-corrected chi connectivity index (χ3v) is 3.69. The summed E-state index contributed by atoms with van der Waals surface area (Å²) in [5.41, 5.74) is 0.213. The van der Waals surface area contributed by atoms with Crippen molar-refractivity contribution in [3.05, 3.63) is 46.3 Å². The number of hydrogen-bond acceptors (Lipinski definition) is 5. The third kappa shape index (κ3) is 2.82. The van der Waals surface area contributed by atoms with Crippen molar-refractivity contribution in [3.63, 3.8) is 0 Å². The molecule has 0 saturated carbocycles. The minimum absolute atomic E-state index is 0.0254. The highest BCUT2D eigenvalue weighted by atomic mass is 35.5. The summed E-state index contributed by atoms with van der Waals surface area (Å²) in [5, 5.41) is 3.70. The van der Waals surface area contributed by atoms with Crippen LogP contribution in [0.2, 0.25) is 5.02 Å². The largest absolute Gasteiger partial charge is 0.377 e. The van der Waals surface area contributed by atoms with Gasteiger partial charge in [0.25, 0.3) is 11.8 Å². The maximum atomic E-state index is 13.6. The molecular weight excluding hydrogens is 313 g/mol. The summed E-state index contributed by atoms with van der Waals surface area (Å²) in [5.74, 6) is -0.184. The Bertz CT molecular complexity index is 706. The summed E-state index contributed by atoms with van der Waals surface area (Å²) in [6, 6.07) is 3.48. The van der Waals surface area contributed by atoms with Gasteiger partial charge in [-0.05, 0) is 25.1 Å². The van der Waals surface area contributed by atoms with Gasteiger partial charge < -0.3 is 14.2 Å². The second kappa shape index (κ2) is 6.02. The fourth-order valence-corrected chi connectivity index (χ4v) is 2.41. The van der Waals surface area contributed by atoms with Gasteiger partial charge in [0, 0.05) is 12.1 Å². The molecule has 0 N–H and O–H groups in total. The van der Waals surface area contributed by atoms with Crippen LogP contribution in [0, 0.1) is 12.7 Å². The Kier molecular flexibility index (Phi) is 4.08. The van der Waals surface area contributed by atoms with E-state index in [1.165, 1.54) is 12.1 Å². The first-order chi connectivity index (χ1) is 10.6. The highest BCUT2D eigenvalue weighted by molar-refractivity contribution is 6.30. The Labute approximate surface area is 130 Å². The van der Waals surface area contributed by atoms with Gasteiger partial charge in [-0.25, -0.2) is 4.39 Å². The molecule has 22 heavy (non-hydrogen) atoms. The number of ether oxygens (including phenoxy) is 1. The Hall–Kier alpha value is -1.99. The van der Waals surface area contributed by atoms with Crippen molar-refractivity contribution in [2.75, 3.05) is 19.8 Å². The highest BCUT2D eigenvalue weighted by Crippen LogP contribution is 2.26. The molecule has 2 aromatic rings. The predicted molar refractivity (Wildman–Crippen MR) is 75.0 cm³/mol. The summed E-state index contributed by atoms with van der Waals surface area (Å²) in [7, 11) is 0. The number of carbonyl (C=O) groups is 1. The first-order valence-corrected chi connectivity index (χ1v) is 7.08. The monoisotopic (exact) mass is 325 g/mol. The topological polar surface area (TPSA) is 68.5 Å². The first kappa shape index (κ1) is 14.9. The number of morpholine rings is 1. The molecule has 1 amide bonds. The maximum Gasteiger partial charge on any atom is 0.254 e. The van der Waals surface area contributed by atoms with Gasteiger partial charge >= 0.3 is 0 Å². The van der Waals surface area contributed by atoms with Crippen molar-refractivity contribution in [1.82, 2.24) is 15.0 Å². The van der Waals surface area contributed by atoms with Gasteiger partial charge in [0.15, 0.2) is 5.82 Å². The Morgan fingerprint density at radius 1 is 1.50 bits per heavy atom. The fourth-order valence-electron chi connectivity index (χ4n) is 2.29. The molecule has 0 bridgehead atoms. The van der Waals surface area contributed by atoms with Crippen LogP contribution in [0.5, 0.6) is 0 Å². The molecule has 1 saturated heterocycles. The van der Waals surface area contributed by atoms with Crippen molar-refractivity contribution in [1.29, 1.82) is 0 Å². The molecule has 1 atom stereocenters. The average Bonchev–Trinajstić information content (AvgIpc) is 2.96. The first-order valence-electron chi connectivity index (χ1n) is 6.70. The second-order valence-corrected chi connectivity index (χ2v) is 5.31. The fraction of sp³-hybridized carbons (Fsp3) is 0.357. The summed E-state index contributed by atoms with van der Waals surface area (Å²) in [6.45, 7) is 2.70. The van der Waals surface area contributed by atoms with Crippen LogP contribution in [-0.2, 0) is 4.74 Å². The van der Waals surface area contributed by atoms with E-state index in [1.54, 1.807) is 11.8 Å².